The maximum Gasteiger partial charge on any atom is 0.158 e. The van der Waals surface area contributed by atoms with Crippen molar-refractivity contribution in [1.29, 1.82) is 5.41 Å². The molecule has 0 saturated carbocycles. The molecule has 1 atom stereocenters. The Morgan fingerprint density at radius 1 is 1.03 bits per heavy atom. The molecule has 1 fully saturated rings. The smallest absolute Gasteiger partial charge is 0.158 e. The molecule has 1 N–H and O–H groups in total. The highest BCUT2D eigenvalue weighted by Crippen LogP contribution is 2.49. The largest absolute Gasteiger partial charge is 0.342 e. The van der Waals surface area contributed by atoms with Gasteiger partial charge in [0.15, 0.2) is 5.66 Å². The zero-order valence-electron chi connectivity index (χ0n) is 24.0. The van der Waals surface area contributed by atoms with E-state index in [1.54, 1.807) is 0 Å². The summed E-state index contributed by atoms with van der Waals surface area (Å²) in [6.45, 7) is 29.7. The SMILES string of the molecule is C=C(/C(=C/C)C(C)=N)N1CCN2C(=C)c3cc(C)c(/C=C\C)n3CC12c1ccc(C)cc1.CC.CC. The van der Waals surface area contributed by atoms with Gasteiger partial charge in [-0.05, 0) is 57.9 Å². The molecule has 0 amide bonds. The Kier molecular flexibility index (Phi) is 9.75. The van der Waals surface area contributed by atoms with Gasteiger partial charge in [0, 0.05) is 35.8 Å². The second kappa shape index (κ2) is 12.1. The summed E-state index contributed by atoms with van der Waals surface area (Å²) >= 11 is 0. The Hall–Kier alpha value is -3.27. The molecule has 4 nitrogen and oxygen atoms in total. The Morgan fingerprint density at radius 3 is 2.17 bits per heavy atom. The van der Waals surface area contributed by atoms with Gasteiger partial charge >= 0.3 is 0 Å². The average molecular weight is 487 g/mol. The van der Waals surface area contributed by atoms with Gasteiger partial charge < -0.3 is 19.8 Å². The molecule has 2 aromatic rings. The number of nitrogens with zero attached hydrogens (tertiary/aromatic N) is 3. The third-order valence-corrected chi connectivity index (χ3v) is 6.95. The predicted octanol–water partition coefficient (Wildman–Crippen LogP) is 8.15. The zero-order valence-corrected chi connectivity index (χ0v) is 24.0. The van der Waals surface area contributed by atoms with Gasteiger partial charge in [-0.3, -0.25) is 0 Å². The van der Waals surface area contributed by atoms with E-state index in [0.717, 1.165) is 36.6 Å². The molecule has 4 rings (SSSR count). The van der Waals surface area contributed by atoms with Gasteiger partial charge in [0.25, 0.3) is 0 Å². The van der Waals surface area contributed by atoms with E-state index in [1.165, 1.54) is 28.1 Å². The van der Waals surface area contributed by atoms with E-state index < -0.39 is 5.66 Å². The minimum Gasteiger partial charge on any atom is -0.342 e. The normalized spacial score (nSPS) is 18.7. The van der Waals surface area contributed by atoms with Crippen LogP contribution in [-0.2, 0) is 12.2 Å². The lowest BCUT2D eigenvalue weighted by molar-refractivity contribution is 0.0454. The van der Waals surface area contributed by atoms with Gasteiger partial charge in [-0.1, -0.05) is 82.8 Å². The maximum atomic E-state index is 8.32. The number of allylic oxidation sites excluding steroid dienone is 3. The van der Waals surface area contributed by atoms with Gasteiger partial charge in [-0.2, -0.15) is 0 Å². The molecule has 1 unspecified atom stereocenters. The van der Waals surface area contributed by atoms with Crippen LogP contribution in [0.3, 0.4) is 0 Å². The Morgan fingerprint density at radius 2 is 1.64 bits per heavy atom. The van der Waals surface area contributed by atoms with Crippen molar-refractivity contribution < 1.29 is 0 Å². The predicted molar refractivity (Wildman–Crippen MR) is 158 cm³/mol. The molecule has 1 aromatic heterocycles. The Bertz CT molecular complexity index is 1160. The first-order valence-corrected chi connectivity index (χ1v) is 13.3. The first-order valence-electron chi connectivity index (χ1n) is 13.3. The third kappa shape index (κ3) is 4.74. The quantitative estimate of drug-likeness (QED) is 0.342. The van der Waals surface area contributed by atoms with Crippen molar-refractivity contribution in [3.63, 3.8) is 0 Å². The Labute approximate surface area is 219 Å². The summed E-state index contributed by atoms with van der Waals surface area (Å²) < 4.78 is 2.41. The van der Waals surface area contributed by atoms with Crippen LogP contribution in [0.5, 0.6) is 0 Å². The molecule has 0 spiro atoms. The number of aryl methyl sites for hydroxylation is 2. The van der Waals surface area contributed by atoms with E-state index in [1.807, 2.05) is 47.6 Å². The third-order valence-electron chi connectivity index (χ3n) is 6.95. The summed E-state index contributed by atoms with van der Waals surface area (Å²) in [5.41, 5.74) is 9.06. The lowest BCUT2D eigenvalue weighted by Gasteiger charge is -2.51. The summed E-state index contributed by atoms with van der Waals surface area (Å²) in [7, 11) is 0. The second-order valence-corrected chi connectivity index (χ2v) is 8.89. The van der Waals surface area contributed by atoms with E-state index in [-0.39, 0.29) is 0 Å². The number of fused-ring (bicyclic) bond motifs is 2. The molecule has 36 heavy (non-hydrogen) atoms. The van der Waals surface area contributed by atoms with E-state index in [4.69, 9.17) is 5.41 Å². The lowest BCUT2D eigenvalue weighted by atomic mass is 9.91. The van der Waals surface area contributed by atoms with Crippen molar-refractivity contribution in [2.45, 2.75) is 74.5 Å². The molecular formula is C32H46N4. The molecule has 0 bridgehead atoms. The van der Waals surface area contributed by atoms with Gasteiger partial charge in [-0.25, -0.2) is 0 Å². The first-order chi connectivity index (χ1) is 17.3. The van der Waals surface area contributed by atoms with Crippen LogP contribution < -0.4 is 0 Å². The molecule has 2 aliphatic heterocycles. The average Bonchev–Trinajstić information content (AvgIpc) is 3.42. The van der Waals surface area contributed by atoms with Crippen LogP contribution in [0.1, 0.15) is 76.5 Å². The minimum absolute atomic E-state index is 0.444. The highest BCUT2D eigenvalue weighted by molar-refractivity contribution is 5.99. The van der Waals surface area contributed by atoms with Crippen LogP contribution in [0, 0.1) is 19.3 Å². The molecule has 3 heterocycles. The number of aromatic nitrogens is 1. The van der Waals surface area contributed by atoms with Gasteiger partial charge in [0.2, 0.25) is 0 Å². The standard InChI is InChI=1S/C28H34N4.2C2H6/c1-8-10-26-20(4)17-27-23(7)32-16-15-31(22(6)25(9-2)21(5)29)28(32,18-30(26)27)24-13-11-19(3)12-14-24;2*1-2/h8-14,17,29H,6-7,15-16,18H2,1-5H3;2*1-2H3/b10-8-,25-9+,29-21?;;. The molecule has 4 heteroatoms. The van der Waals surface area contributed by atoms with Crippen LogP contribution in [0.4, 0.5) is 0 Å². The van der Waals surface area contributed by atoms with Gasteiger partial charge in [0.05, 0.1) is 17.9 Å². The lowest BCUT2D eigenvalue weighted by Crippen LogP contribution is -2.55. The van der Waals surface area contributed by atoms with Crippen molar-refractivity contribution in [2.24, 2.45) is 0 Å². The topological polar surface area (TPSA) is 35.3 Å². The number of benzene rings is 1. The molecule has 1 saturated heterocycles. The monoisotopic (exact) mass is 486 g/mol. The fraction of sp³-hybridized carbons (Fsp3) is 0.406. The number of hydrogen-bond acceptors (Lipinski definition) is 3. The number of hydrogen-bond donors (Lipinski definition) is 1. The molecule has 1 aromatic carbocycles. The second-order valence-electron chi connectivity index (χ2n) is 8.89. The van der Waals surface area contributed by atoms with Crippen LogP contribution in [0.25, 0.3) is 11.8 Å². The van der Waals surface area contributed by atoms with E-state index in [2.05, 4.69) is 90.8 Å². The zero-order chi connectivity index (χ0) is 27.2. The van der Waals surface area contributed by atoms with Crippen molar-refractivity contribution in [3.8, 4) is 0 Å². The molecule has 0 radical (unpaired) electrons. The van der Waals surface area contributed by atoms with E-state index in [0.29, 0.717) is 5.71 Å². The fourth-order valence-corrected chi connectivity index (χ4v) is 5.42. The van der Waals surface area contributed by atoms with Crippen molar-refractivity contribution in [3.05, 3.63) is 95.0 Å². The van der Waals surface area contributed by atoms with Crippen molar-refractivity contribution in [2.75, 3.05) is 13.1 Å². The van der Waals surface area contributed by atoms with Crippen molar-refractivity contribution >= 4 is 17.5 Å². The van der Waals surface area contributed by atoms with Crippen LogP contribution in [-0.4, -0.2) is 33.2 Å². The summed E-state index contributed by atoms with van der Waals surface area (Å²) in [6, 6.07) is 11.1. The maximum absolute atomic E-state index is 8.32. The molecule has 194 valence electrons. The summed E-state index contributed by atoms with van der Waals surface area (Å²) in [5, 5.41) is 8.32. The summed E-state index contributed by atoms with van der Waals surface area (Å²) in [6.07, 6.45) is 6.30. The van der Waals surface area contributed by atoms with Crippen LogP contribution in [0.2, 0.25) is 0 Å². The van der Waals surface area contributed by atoms with E-state index in [9.17, 15) is 0 Å². The number of rotatable bonds is 5. The van der Waals surface area contributed by atoms with E-state index >= 15 is 0 Å². The molecule has 2 aliphatic rings. The summed E-state index contributed by atoms with van der Waals surface area (Å²) in [5.74, 6) is 0. The number of nitrogens with one attached hydrogen (secondary N) is 1. The fourth-order valence-electron chi connectivity index (χ4n) is 5.42. The first kappa shape index (κ1) is 29.0. The Balaban J connectivity index is 0.00000109. The highest BCUT2D eigenvalue weighted by Gasteiger charge is 2.53. The summed E-state index contributed by atoms with van der Waals surface area (Å²) in [4.78, 5) is 4.84. The van der Waals surface area contributed by atoms with Crippen LogP contribution >= 0.6 is 0 Å². The van der Waals surface area contributed by atoms with Crippen molar-refractivity contribution in [1.82, 2.24) is 14.4 Å². The minimum atomic E-state index is -0.444. The van der Waals surface area contributed by atoms with Crippen LogP contribution in [0.15, 0.2) is 66.9 Å². The molecular weight excluding hydrogens is 440 g/mol. The highest BCUT2D eigenvalue weighted by atomic mass is 15.5. The van der Waals surface area contributed by atoms with Gasteiger partial charge in [0.1, 0.15) is 0 Å². The van der Waals surface area contributed by atoms with Gasteiger partial charge in [-0.15, -0.1) is 0 Å². The molecule has 0 aliphatic carbocycles.